The molecule has 0 aromatic carbocycles. The van der Waals surface area contributed by atoms with E-state index >= 15 is 0 Å². The lowest BCUT2D eigenvalue weighted by Gasteiger charge is -2.03. The van der Waals surface area contributed by atoms with Crippen LogP contribution in [0.3, 0.4) is 0 Å². The lowest BCUT2D eigenvalue weighted by atomic mass is 10.4. The van der Waals surface area contributed by atoms with E-state index in [9.17, 15) is 0 Å². The number of hydrogen-bond donors (Lipinski definition) is 2. The molecule has 0 aliphatic rings. The lowest BCUT2D eigenvalue weighted by Crippen LogP contribution is -2.04. The number of rotatable bonds is 4. The second kappa shape index (κ2) is 5.64. The highest BCUT2D eigenvalue weighted by atomic mass is 32.1. The number of thiophene rings is 1. The van der Waals surface area contributed by atoms with Gasteiger partial charge in [0.2, 0.25) is 5.95 Å². The van der Waals surface area contributed by atoms with Gasteiger partial charge in [-0.25, -0.2) is 9.97 Å². The number of anilines is 2. The Kier molecular flexibility index (Phi) is 3.47. The quantitative estimate of drug-likeness (QED) is 0.584. The molecule has 0 aliphatic carbocycles. The number of nitrogens with one attached hydrogen (secondary N) is 1. The lowest BCUT2D eigenvalue weighted by molar-refractivity contribution is 0.548. The van der Waals surface area contributed by atoms with Gasteiger partial charge in [0.25, 0.3) is 0 Å². The molecular weight excluding hydrogens is 330 g/mol. The normalized spacial score (nSPS) is 11.2. The molecule has 3 N–H and O–H groups in total. The van der Waals surface area contributed by atoms with E-state index in [4.69, 9.17) is 10.2 Å². The molecule has 0 unspecified atom stereocenters. The van der Waals surface area contributed by atoms with Crippen LogP contribution in [0.25, 0.3) is 21.1 Å². The van der Waals surface area contributed by atoms with Crippen LogP contribution in [0.2, 0.25) is 0 Å². The molecule has 4 heterocycles. The van der Waals surface area contributed by atoms with Gasteiger partial charge in [-0.1, -0.05) is 17.4 Å². The van der Waals surface area contributed by atoms with Crippen molar-refractivity contribution in [2.75, 3.05) is 11.1 Å². The highest BCUT2D eigenvalue weighted by Gasteiger charge is 2.14. The summed E-state index contributed by atoms with van der Waals surface area (Å²) in [5.41, 5.74) is 6.64. The van der Waals surface area contributed by atoms with Gasteiger partial charge in [0, 0.05) is 4.88 Å². The molecule has 4 aromatic rings. The summed E-state index contributed by atoms with van der Waals surface area (Å²) in [6, 6.07) is 7.88. The summed E-state index contributed by atoms with van der Waals surface area (Å²) in [6.45, 7) is 2.57. The molecule has 0 saturated carbocycles. The van der Waals surface area contributed by atoms with Crippen LogP contribution >= 0.6 is 22.7 Å². The number of hydrogen-bond acceptors (Lipinski definition) is 8. The van der Waals surface area contributed by atoms with E-state index in [-0.39, 0.29) is 0 Å². The fraction of sp³-hybridized carbons (Fsp3) is 0.133. The van der Waals surface area contributed by atoms with Crippen molar-refractivity contribution in [3.8, 4) is 10.8 Å². The summed E-state index contributed by atoms with van der Waals surface area (Å²) in [4.78, 5) is 15.2. The number of nitrogens with zero attached hydrogens (tertiary/aromatic N) is 3. The maximum absolute atomic E-state index is 6.03. The standard InChI is InChI=1S/C15H13N5OS2/c1-8-4-5-10(21-8)13-18-11-12(16)19-15(20-14(11)23-13)17-7-9-3-2-6-22-9/h2-6H,7H2,1H3,(H3,16,17,19,20). The molecule has 0 spiro atoms. The van der Waals surface area contributed by atoms with E-state index in [0.29, 0.717) is 23.8 Å². The Morgan fingerprint density at radius 2 is 2.13 bits per heavy atom. The van der Waals surface area contributed by atoms with Crippen molar-refractivity contribution in [2.45, 2.75) is 13.5 Å². The summed E-state index contributed by atoms with van der Waals surface area (Å²) in [6.07, 6.45) is 0. The summed E-state index contributed by atoms with van der Waals surface area (Å²) < 4.78 is 5.61. The van der Waals surface area contributed by atoms with Crippen LogP contribution in [0, 0.1) is 6.92 Å². The summed E-state index contributed by atoms with van der Waals surface area (Å²) in [5.74, 6) is 2.44. The Hall–Kier alpha value is -2.45. The highest BCUT2D eigenvalue weighted by Crippen LogP contribution is 2.32. The van der Waals surface area contributed by atoms with E-state index in [2.05, 4.69) is 26.3 Å². The minimum atomic E-state index is 0.370. The molecular formula is C15H13N5OS2. The fourth-order valence-electron chi connectivity index (χ4n) is 2.16. The zero-order valence-corrected chi connectivity index (χ0v) is 13.9. The molecule has 0 fully saturated rings. The van der Waals surface area contributed by atoms with Crippen LogP contribution in [-0.4, -0.2) is 15.0 Å². The van der Waals surface area contributed by atoms with Gasteiger partial charge in [-0.2, -0.15) is 4.98 Å². The summed E-state index contributed by atoms with van der Waals surface area (Å²) in [5, 5.41) is 5.99. The third-order valence-corrected chi connectivity index (χ3v) is 5.08. The molecule has 116 valence electrons. The maximum atomic E-state index is 6.03. The molecule has 0 saturated heterocycles. The SMILES string of the molecule is Cc1ccc(-c2nc3c(N)nc(NCc4cccs4)nc3s2)o1. The molecule has 0 atom stereocenters. The first-order chi connectivity index (χ1) is 11.2. The number of thiazole rings is 1. The Balaban J connectivity index is 1.66. The van der Waals surface area contributed by atoms with Crippen molar-refractivity contribution in [1.82, 2.24) is 15.0 Å². The second-order valence-electron chi connectivity index (χ2n) is 4.95. The van der Waals surface area contributed by atoms with Gasteiger partial charge < -0.3 is 15.5 Å². The van der Waals surface area contributed by atoms with Gasteiger partial charge in [-0.3, -0.25) is 0 Å². The molecule has 0 bridgehead atoms. The number of fused-ring (bicyclic) bond motifs is 1. The van der Waals surface area contributed by atoms with Crippen molar-refractivity contribution >= 4 is 44.8 Å². The third kappa shape index (κ3) is 2.78. The molecule has 23 heavy (non-hydrogen) atoms. The van der Waals surface area contributed by atoms with E-state index in [1.165, 1.54) is 16.2 Å². The van der Waals surface area contributed by atoms with Gasteiger partial charge in [0.1, 0.15) is 11.3 Å². The molecule has 4 aromatic heterocycles. The first-order valence-electron chi connectivity index (χ1n) is 6.96. The molecule has 0 amide bonds. The Morgan fingerprint density at radius 3 is 2.87 bits per heavy atom. The van der Waals surface area contributed by atoms with Crippen molar-refractivity contribution in [2.24, 2.45) is 0 Å². The smallest absolute Gasteiger partial charge is 0.226 e. The minimum Gasteiger partial charge on any atom is -0.459 e. The van der Waals surface area contributed by atoms with Crippen LogP contribution in [-0.2, 0) is 6.54 Å². The van der Waals surface area contributed by atoms with Crippen LogP contribution in [0.5, 0.6) is 0 Å². The van der Waals surface area contributed by atoms with Crippen molar-refractivity contribution in [3.63, 3.8) is 0 Å². The van der Waals surface area contributed by atoms with Crippen LogP contribution in [0.1, 0.15) is 10.6 Å². The zero-order valence-electron chi connectivity index (χ0n) is 12.2. The average molecular weight is 343 g/mol. The van der Waals surface area contributed by atoms with E-state index in [1.807, 2.05) is 30.5 Å². The van der Waals surface area contributed by atoms with Crippen LogP contribution < -0.4 is 11.1 Å². The van der Waals surface area contributed by atoms with E-state index in [0.717, 1.165) is 21.4 Å². The van der Waals surface area contributed by atoms with Gasteiger partial charge in [-0.15, -0.1) is 11.3 Å². The predicted molar refractivity (Wildman–Crippen MR) is 93.7 cm³/mol. The van der Waals surface area contributed by atoms with E-state index in [1.54, 1.807) is 11.3 Å². The monoisotopic (exact) mass is 343 g/mol. The number of nitrogen functional groups attached to an aromatic ring is 1. The maximum Gasteiger partial charge on any atom is 0.226 e. The van der Waals surface area contributed by atoms with Crippen molar-refractivity contribution < 1.29 is 4.42 Å². The number of aryl methyl sites for hydroxylation is 1. The Morgan fingerprint density at radius 1 is 1.22 bits per heavy atom. The van der Waals surface area contributed by atoms with Crippen molar-refractivity contribution in [3.05, 3.63) is 40.3 Å². The van der Waals surface area contributed by atoms with Gasteiger partial charge in [0.05, 0.1) is 6.54 Å². The average Bonchev–Trinajstić information content (AvgIpc) is 3.24. The third-order valence-electron chi connectivity index (χ3n) is 3.24. The molecule has 4 rings (SSSR count). The number of aromatic nitrogens is 3. The zero-order chi connectivity index (χ0) is 15.8. The van der Waals surface area contributed by atoms with Crippen LogP contribution in [0.4, 0.5) is 11.8 Å². The number of nitrogens with two attached hydrogens (primary N) is 1. The fourth-order valence-corrected chi connectivity index (χ4v) is 3.71. The molecule has 6 nitrogen and oxygen atoms in total. The van der Waals surface area contributed by atoms with E-state index < -0.39 is 0 Å². The molecule has 8 heteroatoms. The first-order valence-corrected chi connectivity index (χ1v) is 8.66. The highest BCUT2D eigenvalue weighted by molar-refractivity contribution is 7.21. The largest absolute Gasteiger partial charge is 0.459 e. The van der Waals surface area contributed by atoms with Crippen molar-refractivity contribution in [1.29, 1.82) is 0 Å². The van der Waals surface area contributed by atoms with Gasteiger partial charge in [-0.05, 0) is 30.5 Å². The van der Waals surface area contributed by atoms with Gasteiger partial charge in [0.15, 0.2) is 21.4 Å². The summed E-state index contributed by atoms with van der Waals surface area (Å²) in [7, 11) is 0. The second-order valence-corrected chi connectivity index (χ2v) is 6.96. The summed E-state index contributed by atoms with van der Waals surface area (Å²) >= 11 is 3.12. The predicted octanol–water partition coefficient (Wildman–Crippen LogP) is 3.91. The molecule has 0 radical (unpaired) electrons. The number of furan rings is 1. The minimum absolute atomic E-state index is 0.370. The first kappa shape index (κ1) is 14.2. The Bertz CT molecular complexity index is 958. The van der Waals surface area contributed by atoms with Gasteiger partial charge >= 0.3 is 0 Å². The van der Waals surface area contributed by atoms with Crippen LogP contribution in [0.15, 0.2) is 34.1 Å². The Labute approximate surface area is 140 Å². The topological polar surface area (TPSA) is 89.9 Å². The molecule has 0 aliphatic heterocycles.